The molecule has 1 unspecified atom stereocenters. The first kappa shape index (κ1) is 23.3. The molecule has 0 spiro atoms. The van der Waals surface area contributed by atoms with Crippen LogP contribution in [-0.4, -0.2) is 35.9 Å². The van der Waals surface area contributed by atoms with Crippen molar-refractivity contribution in [2.45, 2.75) is 32.9 Å². The van der Waals surface area contributed by atoms with Gasteiger partial charge in [0.2, 0.25) is 5.91 Å². The molecule has 156 valence electrons. The second-order valence-corrected chi connectivity index (χ2v) is 7.76. The third-order valence-electron chi connectivity index (χ3n) is 4.20. The van der Waals surface area contributed by atoms with Gasteiger partial charge in [0.1, 0.15) is 11.8 Å². The summed E-state index contributed by atoms with van der Waals surface area (Å²) in [4.78, 5) is 26.8. The van der Waals surface area contributed by atoms with Crippen molar-refractivity contribution in [3.05, 3.63) is 63.1 Å². The molecule has 2 aromatic rings. The van der Waals surface area contributed by atoms with Gasteiger partial charge in [-0.2, -0.15) is 0 Å². The van der Waals surface area contributed by atoms with Crippen LogP contribution in [0.15, 0.2) is 42.5 Å². The first-order valence-corrected chi connectivity index (χ1v) is 10.3. The van der Waals surface area contributed by atoms with E-state index in [1.807, 2.05) is 13.0 Å². The van der Waals surface area contributed by atoms with E-state index >= 15 is 0 Å². The molecule has 8 heteroatoms. The number of ether oxygens (including phenoxy) is 1. The highest BCUT2D eigenvalue weighted by atomic mass is 35.5. The quantitative estimate of drug-likeness (QED) is 0.578. The van der Waals surface area contributed by atoms with Crippen molar-refractivity contribution in [2.75, 3.05) is 13.2 Å². The summed E-state index contributed by atoms with van der Waals surface area (Å²) in [7, 11) is 0. The predicted molar refractivity (Wildman–Crippen MR) is 117 cm³/mol. The Bertz CT molecular complexity index is 861. The Morgan fingerprint density at radius 3 is 2.48 bits per heavy atom. The minimum Gasteiger partial charge on any atom is -0.482 e. The summed E-state index contributed by atoms with van der Waals surface area (Å²) in [6.07, 6.45) is 0.804. The summed E-state index contributed by atoms with van der Waals surface area (Å²) in [5.74, 6) is -0.239. The maximum absolute atomic E-state index is 12.9. The maximum Gasteiger partial charge on any atom is 0.261 e. The number of halogens is 3. The molecule has 0 heterocycles. The first-order valence-electron chi connectivity index (χ1n) is 9.21. The summed E-state index contributed by atoms with van der Waals surface area (Å²) in [5.41, 5.74) is 0.811. The largest absolute Gasteiger partial charge is 0.482 e. The highest BCUT2D eigenvalue weighted by molar-refractivity contribution is 6.35. The zero-order valence-corrected chi connectivity index (χ0v) is 18.5. The van der Waals surface area contributed by atoms with Gasteiger partial charge in [-0.1, -0.05) is 53.9 Å². The first-order chi connectivity index (χ1) is 13.8. The summed E-state index contributed by atoms with van der Waals surface area (Å²) in [5, 5.41) is 4.15. The van der Waals surface area contributed by atoms with Crippen LogP contribution in [0, 0.1) is 0 Å². The maximum atomic E-state index is 12.9. The molecule has 29 heavy (non-hydrogen) atoms. The van der Waals surface area contributed by atoms with Crippen LogP contribution in [-0.2, 0) is 16.1 Å². The van der Waals surface area contributed by atoms with Gasteiger partial charge in [0.15, 0.2) is 6.61 Å². The molecule has 0 aliphatic rings. The van der Waals surface area contributed by atoms with Crippen LogP contribution < -0.4 is 10.1 Å². The molecule has 0 aromatic heterocycles. The van der Waals surface area contributed by atoms with E-state index in [1.54, 1.807) is 37.3 Å². The number of amides is 2. The SMILES string of the molecule is CCCNC(=O)C(C)N(Cc1cccc(Cl)c1)C(=O)COc1ccc(Cl)cc1Cl. The molecular formula is C21H23Cl3N2O3. The number of nitrogens with zero attached hydrogens (tertiary/aromatic N) is 1. The number of nitrogens with one attached hydrogen (secondary N) is 1. The van der Waals surface area contributed by atoms with Crippen LogP contribution in [0.5, 0.6) is 5.75 Å². The third-order valence-corrected chi connectivity index (χ3v) is 4.97. The average molecular weight is 458 g/mol. The van der Waals surface area contributed by atoms with E-state index in [1.165, 1.54) is 11.0 Å². The molecule has 1 N–H and O–H groups in total. The lowest BCUT2D eigenvalue weighted by Gasteiger charge is -2.28. The van der Waals surface area contributed by atoms with Gasteiger partial charge in [-0.15, -0.1) is 0 Å². The van der Waals surface area contributed by atoms with Crippen LogP contribution in [0.25, 0.3) is 0 Å². The minimum atomic E-state index is -0.683. The number of rotatable bonds is 9. The van der Waals surface area contributed by atoms with Crippen molar-refractivity contribution in [3.63, 3.8) is 0 Å². The fraction of sp³-hybridized carbons (Fsp3) is 0.333. The molecule has 0 radical (unpaired) electrons. The zero-order valence-electron chi connectivity index (χ0n) is 16.3. The van der Waals surface area contributed by atoms with Crippen molar-refractivity contribution < 1.29 is 14.3 Å². The van der Waals surface area contributed by atoms with Gasteiger partial charge < -0.3 is 15.0 Å². The van der Waals surface area contributed by atoms with E-state index < -0.39 is 6.04 Å². The van der Waals surface area contributed by atoms with Gasteiger partial charge in [-0.25, -0.2) is 0 Å². The Morgan fingerprint density at radius 1 is 1.10 bits per heavy atom. The van der Waals surface area contributed by atoms with Crippen LogP contribution in [0.2, 0.25) is 15.1 Å². The Labute approximate surface area is 185 Å². The van der Waals surface area contributed by atoms with Crippen LogP contribution in [0.4, 0.5) is 0 Å². The molecule has 0 saturated heterocycles. The van der Waals surface area contributed by atoms with Crippen molar-refractivity contribution in [1.82, 2.24) is 10.2 Å². The predicted octanol–water partition coefficient (Wildman–Crippen LogP) is 4.97. The molecular weight excluding hydrogens is 435 g/mol. The van der Waals surface area contributed by atoms with Crippen molar-refractivity contribution in [2.24, 2.45) is 0 Å². The van der Waals surface area contributed by atoms with E-state index in [2.05, 4.69) is 5.32 Å². The molecule has 0 bridgehead atoms. The van der Waals surface area contributed by atoms with Crippen molar-refractivity contribution >= 4 is 46.6 Å². The zero-order chi connectivity index (χ0) is 21.4. The van der Waals surface area contributed by atoms with Gasteiger partial charge in [0.25, 0.3) is 5.91 Å². The summed E-state index contributed by atoms with van der Waals surface area (Å²) >= 11 is 18.0. The topological polar surface area (TPSA) is 58.6 Å². The average Bonchev–Trinajstić information content (AvgIpc) is 2.69. The Hall–Kier alpha value is -1.95. The summed E-state index contributed by atoms with van der Waals surface area (Å²) < 4.78 is 5.57. The molecule has 2 amide bonds. The van der Waals surface area contributed by atoms with Gasteiger partial charge in [-0.05, 0) is 49.2 Å². The van der Waals surface area contributed by atoms with Gasteiger partial charge in [0.05, 0.1) is 5.02 Å². The smallest absolute Gasteiger partial charge is 0.261 e. The highest BCUT2D eigenvalue weighted by Gasteiger charge is 2.26. The lowest BCUT2D eigenvalue weighted by atomic mass is 10.1. The highest BCUT2D eigenvalue weighted by Crippen LogP contribution is 2.27. The van der Waals surface area contributed by atoms with E-state index in [-0.39, 0.29) is 25.0 Å². The van der Waals surface area contributed by atoms with Crippen LogP contribution in [0.3, 0.4) is 0 Å². The van der Waals surface area contributed by atoms with E-state index in [0.29, 0.717) is 27.4 Å². The normalized spacial score (nSPS) is 11.6. The lowest BCUT2D eigenvalue weighted by Crippen LogP contribution is -2.49. The molecule has 0 fully saturated rings. The van der Waals surface area contributed by atoms with Crippen molar-refractivity contribution in [3.8, 4) is 5.75 Å². The minimum absolute atomic E-state index is 0.220. The summed E-state index contributed by atoms with van der Waals surface area (Å²) in [6.45, 7) is 4.14. The standard InChI is InChI=1S/C21H23Cl3N2O3/c1-3-9-25-21(28)14(2)26(12-15-5-4-6-16(22)10-15)20(27)13-29-19-8-7-17(23)11-18(19)24/h4-8,10-11,14H,3,9,12-13H2,1-2H3,(H,25,28). The van der Waals surface area contributed by atoms with Gasteiger partial charge in [-0.3, -0.25) is 9.59 Å². The van der Waals surface area contributed by atoms with Gasteiger partial charge in [0, 0.05) is 23.1 Å². The number of hydrogen-bond acceptors (Lipinski definition) is 3. The van der Waals surface area contributed by atoms with Crippen LogP contribution in [0.1, 0.15) is 25.8 Å². The van der Waals surface area contributed by atoms with Crippen molar-refractivity contribution in [1.29, 1.82) is 0 Å². The fourth-order valence-electron chi connectivity index (χ4n) is 2.63. The Kier molecular flexibility index (Phi) is 9.08. The van der Waals surface area contributed by atoms with Gasteiger partial charge >= 0.3 is 0 Å². The van der Waals surface area contributed by atoms with E-state index in [9.17, 15) is 9.59 Å². The fourth-order valence-corrected chi connectivity index (χ4v) is 3.30. The van der Waals surface area contributed by atoms with E-state index in [0.717, 1.165) is 12.0 Å². The number of carbonyl (C=O) groups is 2. The second kappa shape index (κ2) is 11.3. The molecule has 1 atom stereocenters. The summed E-state index contributed by atoms with van der Waals surface area (Å²) in [6, 6.07) is 11.2. The number of carbonyl (C=O) groups excluding carboxylic acids is 2. The Morgan fingerprint density at radius 2 is 1.83 bits per heavy atom. The lowest BCUT2D eigenvalue weighted by molar-refractivity contribution is -0.142. The molecule has 0 aliphatic carbocycles. The molecule has 2 aromatic carbocycles. The number of hydrogen-bond donors (Lipinski definition) is 1. The third kappa shape index (κ3) is 7.11. The molecule has 0 aliphatic heterocycles. The number of benzene rings is 2. The molecule has 2 rings (SSSR count). The molecule has 5 nitrogen and oxygen atoms in total. The van der Waals surface area contributed by atoms with E-state index in [4.69, 9.17) is 39.5 Å². The molecule has 0 saturated carbocycles. The second-order valence-electron chi connectivity index (χ2n) is 6.48. The monoisotopic (exact) mass is 456 g/mol. The Balaban J connectivity index is 2.15. The van der Waals surface area contributed by atoms with Crippen LogP contribution >= 0.6 is 34.8 Å².